The van der Waals surface area contributed by atoms with E-state index in [1.807, 2.05) is 0 Å². The molecule has 0 unspecified atom stereocenters. The topological polar surface area (TPSA) is 127 Å². The number of hydrogen-bond donors (Lipinski definition) is 4. The van der Waals surface area contributed by atoms with Crippen molar-refractivity contribution in [2.75, 3.05) is 17.7 Å². The highest BCUT2D eigenvalue weighted by atomic mass is 32.1. The zero-order valence-electron chi connectivity index (χ0n) is 13.0. The van der Waals surface area contributed by atoms with E-state index in [0.717, 1.165) is 25.7 Å². The maximum absolute atomic E-state index is 11.7. The minimum Gasteiger partial charge on any atom is -0.379 e. The highest BCUT2D eigenvalue weighted by Crippen LogP contribution is 2.31. The lowest BCUT2D eigenvalue weighted by atomic mass is 10.1. The Morgan fingerprint density at radius 3 is 2.41 bits per heavy atom. The molecular weight excluding hydrogens is 304 g/mol. The van der Waals surface area contributed by atoms with Crippen molar-refractivity contribution >= 4 is 39.6 Å². The number of anilines is 2. The quantitative estimate of drug-likeness (QED) is 0.429. The fourth-order valence-electron chi connectivity index (χ4n) is 1.73. The van der Waals surface area contributed by atoms with Gasteiger partial charge >= 0.3 is 0 Å². The van der Waals surface area contributed by atoms with E-state index in [1.165, 1.54) is 11.3 Å². The Morgan fingerprint density at radius 2 is 1.95 bits per heavy atom. The highest BCUT2D eigenvalue weighted by Gasteiger charge is 2.13. The summed E-state index contributed by atoms with van der Waals surface area (Å²) in [5.41, 5.74) is 9.84. The van der Waals surface area contributed by atoms with E-state index >= 15 is 0 Å². The molecule has 0 saturated carbocycles. The van der Waals surface area contributed by atoms with Gasteiger partial charge in [-0.2, -0.15) is 0 Å². The summed E-state index contributed by atoms with van der Waals surface area (Å²) in [6, 6.07) is 1.61. The van der Waals surface area contributed by atoms with E-state index in [4.69, 9.17) is 10.5 Å². The smallest absolute Gasteiger partial charge is 0.251 e. The normalized spacial score (nSPS) is 9.36. The number of carbonyl (C=O) groups excluding carboxylic acids is 3. The minimum atomic E-state index is -0.496. The van der Waals surface area contributed by atoms with Crippen LogP contribution in [0.1, 0.15) is 49.4 Å². The molecule has 7 nitrogen and oxygen atoms in total. The lowest BCUT2D eigenvalue weighted by Gasteiger charge is -2.01. The summed E-state index contributed by atoms with van der Waals surface area (Å²) >= 11 is 1.32. The van der Waals surface area contributed by atoms with E-state index in [1.54, 1.807) is 13.1 Å². The van der Waals surface area contributed by atoms with Crippen LogP contribution in [0.5, 0.6) is 0 Å². The molecule has 1 rings (SSSR count). The Labute approximate surface area is 134 Å². The Morgan fingerprint density at radius 1 is 1.32 bits per heavy atom. The van der Waals surface area contributed by atoms with Crippen LogP contribution in [-0.2, 0) is 9.59 Å². The number of unbranched alkanes of at least 4 members (excludes halogenated alkanes) is 3. The Bertz CT molecular complexity index is 488. The molecule has 0 saturated heterocycles. The molecule has 0 spiro atoms. The van der Waals surface area contributed by atoms with Gasteiger partial charge in [0.2, 0.25) is 12.3 Å². The van der Waals surface area contributed by atoms with Gasteiger partial charge in [-0.3, -0.25) is 14.4 Å². The van der Waals surface area contributed by atoms with Crippen molar-refractivity contribution in [2.24, 2.45) is 11.5 Å². The molecular formula is C14H24N4O3S. The Hall–Kier alpha value is -2.09. The number of amides is 3. The summed E-state index contributed by atoms with van der Waals surface area (Å²) in [4.78, 5) is 31.5. The monoisotopic (exact) mass is 328 g/mol. The van der Waals surface area contributed by atoms with Crippen LogP contribution >= 0.6 is 11.3 Å². The first kappa shape index (κ1) is 19.9. The summed E-state index contributed by atoms with van der Waals surface area (Å²) in [6.07, 6.45) is 5.04. The molecule has 0 aliphatic rings. The average molecular weight is 328 g/mol. The molecule has 22 heavy (non-hydrogen) atoms. The molecule has 0 bridgehead atoms. The second-order valence-electron chi connectivity index (χ2n) is 4.46. The molecule has 6 N–H and O–H groups in total. The van der Waals surface area contributed by atoms with Crippen LogP contribution < -0.4 is 22.1 Å². The summed E-state index contributed by atoms with van der Waals surface area (Å²) in [5.74, 6) is -0.514. The van der Waals surface area contributed by atoms with Crippen LogP contribution in [0.15, 0.2) is 6.07 Å². The van der Waals surface area contributed by atoms with Crippen LogP contribution in [0.4, 0.5) is 10.0 Å². The molecule has 0 aliphatic heterocycles. The van der Waals surface area contributed by atoms with E-state index in [9.17, 15) is 9.59 Å². The number of primary amides is 2. The number of nitrogens with two attached hydrogens (primary N) is 2. The first-order valence-corrected chi connectivity index (χ1v) is 7.88. The lowest BCUT2D eigenvalue weighted by molar-refractivity contribution is -0.116. The molecule has 0 atom stereocenters. The largest absolute Gasteiger partial charge is 0.379 e. The first-order chi connectivity index (χ1) is 10.5. The van der Waals surface area contributed by atoms with Crippen molar-refractivity contribution in [1.82, 2.24) is 0 Å². The second-order valence-corrected chi connectivity index (χ2v) is 5.51. The van der Waals surface area contributed by atoms with Crippen molar-refractivity contribution < 1.29 is 14.4 Å². The Balaban J connectivity index is 0.00000135. The zero-order valence-corrected chi connectivity index (χ0v) is 13.8. The van der Waals surface area contributed by atoms with Crippen molar-refractivity contribution in [2.45, 2.75) is 39.0 Å². The maximum Gasteiger partial charge on any atom is 0.251 e. The fraction of sp³-hybridized carbons (Fsp3) is 0.500. The van der Waals surface area contributed by atoms with Gasteiger partial charge in [0.05, 0.1) is 10.6 Å². The van der Waals surface area contributed by atoms with E-state index in [2.05, 4.69) is 23.3 Å². The highest BCUT2D eigenvalue weighted by molar-refractivity contribution is 7.20. The predicted octanol–water partition coefficient (Wildman–Crippen LogP) is 1.90. The van der Waals surface area contributed by atoms with Gasteiger partial charge in [-0.1, -0.05) is 26.2 Å². The van der Waals surface area contributed by atoms with Crippen molar-refractivity contribution in [1.29, 1.82) is 0 Å². The molecule has 124 valence electrons. The molecule has 0 aliphatic carbocycles. The third-order valence-corrected chi connectivity index (χ3v) is 3.81. The predicted molar refractivity (Wildman–Crippen MR) is 90.0 cm³/mol. The molecule has 8 heteroatoms. The molecule has 1 aromatic heterocycles. The van der Waals surface area contributed by atoms with Crippen molar-refractivity contribution in [3.8, 4) is 0 Å². The molecule has 0 fully saturated rings. The SMILES string of the molecule is CCCCCCC(=O)Nc1cc(C(N)=O)c(NC)s1.NC=O. The zero-order chi connectivity index (χ0) is 17.0. The molecule has 0 radical (unpaired) electrons. The second kappa shape index (κ2) is 11.6. The van der Waals surface area contributed by atoms with Gasteiger partial charge in [0.1, 0.15) is 5.00 Å². The van der Waals surface area contributed by atoms with Gasteiger partial charge in [-0.05, 0) is 12.5 Å². The summed E-state index contributed by atoms with van der Waals surface area (Å²) in [5, 5.41) is 7.02. The molecule has 0 aromatic carbocycles. The van der Waals surface area contributed by atoms with Crippen LogP contribution in [0.25, 0.3) is 0 Å². The summed E-state index contributed by atoms with van der Waals surface area (Å²) in [6.45, 7) is 2.14. The van der Waals surface area contributed by atoms with Gasteiger partial charge in [0.25, 0.3) is 5.91 Å². The van der Waals surface area contributed by atoms with Gasteiger partial charge in [-0.15, -0.1) is 11.3 Å². The summed E-state index contributed by atoms with van der Waals surface area (Å²) in [7, 11) is 1.72. The van der Waals surface area contributed by atoms with Gasteiger partial charge in [-0.25, -0.2) is 0 Å². The molecule has 1 heterocycles. The van der Waals surface area contributed by atoms with Crippen molar-refractivity contribution in [3.05, 3.63) is 11.6 Å². The van der Waals surface area contributed by atoms with E-state index < -0.39 is 5.91 Å². The van der Waals surface area contributed by atoms with Crippen molar-refractivity contribution in [3.63, 3.8) is 0 Å². The molecule has 3 amide bonds. The van der Waals surface area contributed by atoms with Gasteiger partial charge in [0, 0.05) is 13.5 Å². The van der Waals surface area contributed by atoms with Gasteiger partial charge < -0.3 is 22.1 Å². The average Bonchev–Trinajstić information content (AvgIpc) is 2.87. The van der Waals surface area contributed by atoms with Crippen LogP contribution in [0.3, 0.4) is 0 Å². The number of hydrogen-bond acceptors (Lipinski definition) is 5. The third-order valence-electron chi connectivity index (χ3n) is 2.74. The fourth-order valence-corrected chi connectivity index (χ4v) is 2.67. The lowest BCUT2D eigenvalue weighted by Crippen LogP contribution is -2.12. The Kier molecular flexibility index (Phi) is 10.5. The standard InChI is InChI=1S/C13H21N3O2S.CH3NO/c1-3-4-5-6-7-10(17)16-11-8-9(12(14)18)13(15-2)19-11;2-1-3/h8,15H,3-7H2,1-2H3,(H2,14,18)(H,16,17);1H,(H2,2,3). The van der Waals surface area contributed by atoms with Crippen LogP contribution in [0.2, 0.25) is 0 Å². The van der Waals surface area contributed by atoms with E-state index in [0.29, 0.717) is 22.0 Å². The third kappa shape index (κ3) is 7.63. The number of nitrogens with one attached hydrogen (secondary N) is 2. The number of thiophene rings is 1. The molecule has 1 aromatic rings. The van der Waals surface area contributed by atoms with Crippen LogP contribution in [-0.4, -0.2) is 25.3 Å². The minimum absolute atomic E-state index is 0.0176. The number of rotatable bonds is 8. The van der Waals surface area contributed by atoms with Gasteiger partial charge in [0.15, 0.2) is 0 Å². The van der Waals surface area contributed by atoms with E-state index in [-0.39, 0.29) is 12.3 Å². The summed E-state index contributed by atoms with van der Waals surface area (Å²) < 4.78 is 0. The first-order valence-electron chi connectivity index (χ1n) is 7.06. The number of carbonyl (C=O) groups is 3. The maximum atomic E-state index is 11.7. The van der Waals surface area contributed by atoms with Crippen LogP contribution in [0, 0.1) is 0 Å².